The monoisotopic (exact) mass is 293 g/mol. The average Bonchev–Trinajstić information content (AvgIpc) is 2.96. The molecular weight excluding hydrogens is 270 g/mol. The fraction of sp³-hybridized carbons (Fsp3) is 0.733. The molecule has 2 fully saturated rings. The molecule has 1 saturated heterocycles. The van der Waals surface area contributed by atoms with Crippen molar-refractivity contribution in [2.24, 2.45) is 11.7 Å². The molecule has 1 aromatic heterocycles. The Morgan fingerprint density at radius 3 is 2.90 bits per heavy atom. The number of amides is 1. The smallest absolute Gasteiger partial charge is 0.273 e. The van der Waals surface area contributed by atoms with Crippen LogP contribution < -0.4 is 5.73 Å². The van der Waals surface area contributed by atoms with E-state index in [2.05, 4.69) is 9.88 Å². The van der Waals surface area contributed by atoms with Crippen molar-refractivity contribution in [2.45, 2.75) is 57.5 Å². The van der Waals surface area contributed by atoms with Crippen LogP contribution in [0.25, 0.3) is 0 Å². The van der Waals surface area contributed by atoms with Crippen LogP contribution in [0, 0.1) is 5.92 Å². The number of fused-ring (bicyclic) bond motifs is 1. The van der Waals surface area contributed by atoms with E-state index in [1.165, 1.54) is 43.4 Å². The minimum Gasteiger partial charge on any atom is -0.334 e. The maximum atomic E-state index is 12.7. The highest BCUT2D eigenvalue weighted by molar-refractivity contribution is 7.09. The summed E-state index contributed by atoms with van der Waals surface area (Å²) in [6, 6.07) is 0.357. The third-order valence-electron chi connectivity index (χ3n) is 4.63. The molecule has 3 unspecified atom stereocenters. The lowest BCUT2D eigenvalue weighted by Crippen LogP contribution is -2.49. The van der Waals surface area contributed by atoms with Gasteiger partial charge in [-0.2, -0.15) is 0 Å². The van der Waals surface area contributed by atoms with Crippen molar-refractivity contribution in [2.75, 3.05) is 6.54 Å². The molecule has 0 aromatic carbocycles. The third kappa shape index (κ3) is 2.61. The van der Waals surface area contributed by atoms with E-state index in [1.54, 1.807) is 0 Å². The summed E-state index contributed by atoms with van der Waals surface area (Å²) in [4.78, 5) is 19.2. The number of piperidine rings is 1. The van der Waals surface area contributed by atoms with Crippen LogP contribution in [0.3, 0.4) is 0 Å². The lowest BCUT2D eigenvalue weighted by Gasteiger charge is -2.43. The number of aromatic nitrogens is 1. The molecule has 1 saturated carbocycles. The van der Waals surface area contributed by atoms with E-state index in [1.807, 2.05) is 12.3 Å². The molecule has 110 valence electrons. The largest absolute Gasteiger partial charge is 0.334 e. The summed E-state index contributed by atoms with van der Waals surface area (Å²) in [5.74, 6) is 0.831. The standard InChI is InChI=1S/C15H23N3OS/c1-10(16)14-17-12(9-20-14)15(19)18-8-4-6-11-5-2-3-7-13(11)18/h9-11,13H,2-8,16H2,1H3. The molecule has 4 nitrogen and oxygen atoms in total. The molecule has 1 aliphatic heterocycles. The zero-order valence-electron chi connectivity index (χ0n) is 12.0. The summed E-state index contributed by atoms with van der Waals surface area (Å²) in [5.41, 5.74) is 6.43. The van der Waals surface area contributed by atoms with Crippen LogP contribution >= 0.6 is 11.3 Å². The molecule has 5 heteroatoms. The molecule has 1 amide bonds. The summed E-state index contributed by atoms with van der Waals surface area (Å²) in [7, 11) is 0. The molecule has 1 aliphatic carbocycles. The third-order valence-corrected chi connectivity index (χ3v) is 5.68. The summed E-state index contributed by atoms with van der Waals surface area (Å²) in [6.45, 7) is 2.80. The summed E-state index contributed by atoms with van der Waals surface area (Å²) in [6.07, 6.45) is 7.47. The number of rotatable bonds is 2. The van der Waals surface area contributed by atoms with Crippen LogP contribution in [0.5, 0.6) is 0 Å². The minimum absolute atomic E-state index is 0.0923. The molecule has 20 heavy (non-hydrogen) atoms. The van der Waals surface area contributed by atoms with Gasteiger partial charge in [0.2, 0.25) is 0 Å². The van der Waals surface area contributed by atoms with Crippen molar-refractivity contribution in [3.63, 3.8) is 0 Å². The van der Waals surface area contributed by atoms with E-state index in [9.17, 15) is 4.79 Å². The topological polar surface area (TPSA) is 59.2 Å². The second-order valence-electron chi connectivity index (χ2n) is 6.11. The molecule has 2 N–H and O–H groups in total. The molecule has 2 heterocycles. The van der Waals surface area contributed by atoms with Crippen molar-refractivity contribution >= 4 is 17.2 Å². The molecule has 3 rings (SSSR count). The Hall–Kier alpha value is -0.940. The van der Waals surface area contributed by atoms with Gasteiger partial charge >= 0.3 is 0 Å². The molecule has 0 radical (unpaired) electrons. The van der Waals surface area contributed by atoms with Gasteiger partial charge in [0.05, 0.1) is 6.04 Å². The first-order valence-corrected chi connectivity index (χ1v) is 8.56. The maximum absolute atomic E-state index is 12.7. The number of nitrogens with zero attached hydrogens (tertiary/aromatic N) is 2. The summed E-state index contributed by atoms with van der Waals surface area (Å²) in [5, 5.41) is 2.72. The molecule has 2 aliphatic rings. The maximum Gasteiger partial charge on any atom is 0.273 e. The Morgan fingerprint density at radius 2 is 2.15 bits per heavy atom. The van der Waals surface area contributed by atoms with Crippen LogP contribution in [0.15, 0.2) is 5.38 Å². The van der Waals surface area contributed by atoms with E-state index in [0.29, 0.717) is 17.7 Å². The van der Waals surface area contributed by atoms with Gasteiger partial charge in [0.25, 0.3) is 5.91 Å². The van der Waals surface area contributed by atoms with Crippen molar-refractivity contribution in [1.29, 1.82) is 0 Å². The minimum atomic E-state index is -0.0923. The fourth-order valence-electron chi connectivity index (χ4n) is 3.62. The molecule has 3 atom stereocenters. The first kappa shape index (κ1) is 14.0. The quantitative estimate of drug-likeness (QED) is 0.912. The lowest BCUT2D eigenvalue weighted by molar-refractivity contribution is 0.0386. The first-order chi connectivity index (χ1) is 9.66. The zero-order chi connectivity index (χ0) is 14.1. The van der Waals surface area contributed by atoms with Gasteiger partial charge in [0.1, 0.15) is 10.7 Å². The molecule has 1 aromatic rings. The normalized spacial score (nSPS) is 28.0. The Balaban J connectivity index is 1.77. The average molecular weight is 293 g/mol. The van der Waals surface area contributed by atoms with E-state index >= 15 is 0 Å². The summed E-state index contributed by atoms with van der Waals surface area (Å²) < 4.78 is 0. The fourth-order valence-corrected chi connectivity index (χ4v) is 4.37. The van der Waals surface area contributed by atoms with Gasteiger partial charge in [-0.1, -0.05) is 12.8 Å². The number of carbonyl (C=O) groups excluding carboxylic acids is 1. The summed E-state index contributed by atoms with van der Waals surface area (Å²) >= 11 is 1.50. The number of hydrogen-bond donors (Lipinski definition) is 1. The number of likely N-dealkylation sites (tertiary alicyclic amines) is 1. The number of carbonyl (C=O) groups is 1. The van der Waals surface area contributed by atoms with Gasteiger partial charge in [-0.05, 0) is 38.5 Å². The van der Waals surface area contributed by atoms with Crippen molar-refractivity contribution < 1.29 is 4.79 Å². The SMILES string of the molecule is CC(N)c1nc(C(=O)N2CCCC3CCCCC32)cs1. The Morgan fingerprint density at radius 1 is 1.40 bits per heavy atom. The Labute approximate surface area is 124 Å². The number of nitrogens with two attached hydrogens (primary N) is 1. The van der Waals surface area contributed by atoms with Crippen LogP contribution in [0.2, 0.25) is 0 Å². The Kier molecular flexibility index (Phi) is 4.08. The Bertz CT molecular complexity index is 483. The van der Waals surface area contributed by atoms with Gasteiger partial charge < -0.3 is 10.6 Å². The van der Waals surface area contributed by atoms with Crippen molar-refractivity contribution in [3.05, 3.63) is 16.1 Å². The van der Waals surface area contributed by atoms with Crippen LogP contribution in [0.1, 0.15) is 67.0 Å². The first-order valence-electron chi connectivity index (χ1n) is 7.69. The van der Waals surface area contributed by atoms with E-state index in [-0.39, 0.29) is 11.9 Å². The molecule has 0 spiro atoms. The highest BCUT2D eigenvalue weighted by Crippen LogP contribution is 2.36. The zero-order valence-corrected chi connectivity index (χ0v) is 12.9. The predicted octanol–water partition coefficient (Wildman–Crippen LogP) is 2.96. The van der Waals surface area contributed by atoms with E-state index in [0.717, 1.165) is 18.0 Å². The second kappa shape index (κ2) is 5.82. The van der Waals surface area contributed by atoms with Crippen molar-refractivity contribution in [1.82, 2.24) is 9.88 Å². The van der Waals surface area contributed by atoms with E-state index < -0.39 is 0 Å². The predicted molar refractivity (Wildman–Crippen MR) is 80.7 cm³/mol. The highest BCUT2D eigenvalue weighted by Gasteiger charge is 2.36. The van der Waals surface area contributed by atoms with Crippen molar-refractivity contribution in [3.8, 4) is 0 Å². The lowest BCUT2D eigenvalue weighted by atomic mass is 9.78. The van der Waals surface area contributed by atoms with Gasteiger partial charge in [0.15, 0.2) is 0 Å². The number of hydrogen-bond acceptors (Lipinski definition) is 4. The molecule has 0 bridgehead atoms. The van der Waals surface area contributed by atoms with Crippen LogP contribution in [-0.2, 0) is 0 Å². The van der Waals surface area contributed by atoms with Gasteiger partial charge in [-0.3, -0.25) is 4.79 Å². The van der Waals surface area contributed by atoms with Gasteiger partial charge in [0, 0.05) is 18.0 Å². The highest BCUT2D eigenvalue weighted by atomic mass is 32.1. The van der Waals surface area contributed by atoms with Crippen LogP contribution in [0.4, 0.5) is 0 Å². The number of thiazole rings is 1. The second-order valence-corrected chi connectivity index (χ2v) is 7.00. The van der Waals surface area contributed by atoms with Crippen LogP contribution in [-0.4, -0.2) is 28.4 Å². The van der Waals surface area contributed by atoms with Gasteiger partial charge in [-0.15, -0.1) is 11.3 Å². The van der Waals surface area contributed by atoms with Gasteiger partial charge in [-0.25, -0.2) is 4.98 Å². The van der Waals surface area contributed by atoms with E-state index in [4.69, 9.17) is 5.73 Å². The molecular formula is C15H23N3OS.